The molecular weight excluding hydrogens is 414 g/mol. The maximum Gasteiger partial charge on any atom is 0.333 e. The largest absolute Gasteiger partial charge is 0.463 e. The molecule has 0 amide bonds. The molecule has 0 saturated heterocycles. The molecule has 0 aliphatic carbocycles. The monoisotopic (exact) mass is 443 g/mol. The molecule has 1 aromatic carbocycles. The summed E-state index contributed by atoms with van der Waals surface area (Å²) in [4.78, 5) is 11.9. The first-order chi connectivity index (χ1) is 12.1. The number of halogens is 1. The Hall–Kier alpha value is -0.980. The number of carbonyl (C=O) groups excluding carboxylic acids is 1. The van der Waals surface area contributed by atoms with Crippen molar-refractivity contribution < 1.29 is 13.7 Å². The van der Waals surface area contributed by atoms with Gasteiger partial charge in [0.15, 0.2) is 0 Å². The number of ether oxygens (including phenoxy) is 1. The van der Waals surface area contributed by atoms with Gasteiger partial charge in [0.1, 0.15) is 0 Å². The highest BCUT2D eigenvalue weighted by molar-refractivity contribution is 9.10. The molecule has 146 valence electrons. The van der Waals surface area contributed by atoms with Crippen molar-refractivity contribution >= 4 is 32.9 Å². The predicted molar refractivity (Wildman–Crippen MR) is 112 cm³/mol. The molecule has 1 rings (SSSR count). The fraction of sp³-hybridized carbons (Fsp3) is 0.550. The van der Waals surface area contributed by atoms with Crippen LogP contribution in [0.25, 0.3) is 0 Å². The number of carbonyl (C=O) groups is 1. The van der Waals surface area contributed by atoms with E-state index in [1.165, 1.54) is 5.56 Å². The molecule has 0 fully saturated rings. The molecule has 2 atom stereocenters. The van der Waals surface area contributed by atoms with E-state index in [0.717, 1.165) is 23.7 Å². The zero-order chi connectivity index (χ0) is 19.7. The van der Waals surface area contributed by atoms with Crippen molar-refractivity contribution in [2.75, 3.05) is 6.61 Å². The number of aryl methyl sites for hydroxylation is 1. The van der Waals surface area contributed by atoms with Crippen molar-refractivity contribution in [3.8, 4) is 0 Å². The predicted octanol–water partition coefficient (Wildman–Crippen LogP) is 4.70. The van der Waals surface area contributed by atoms with E-state index in [1.54, 1.807) is 6.92 Å². The average Bonchev–Trinajstić information content (AvgIpc) is 2.55. The quantitative estimate of drug-likeness (QED) is 0.420. The van der Waals surface area contributed by atoms with Gasteiger partial charge >= 0.3 is 5.97 Å². The Labute approximate surface area is 168 Å². The minimum atomic E-state index is -1.21. The smallest absolute Gasteiger partial charge is 0.333 e. The van der Waals surface area contributed by atoms with Crippen molar-refractivity contribution in [1.29, 1.82) is 0 Å². The summed E-state index contributed by atoms with van der Waals surface area (Å²) in [6.45, 7) is 11.7. The third-order valence-corrected chi connectivity index (χ3v) is 6.28. The van der Waals surface area contributed by atoms with Crippen LogP contribution in [0.1, 0.15) is 52.5 Å². The topological polar surface area (TPSA) is 55.4 Å². The highest BCUT2D eigenvalue weighted by Crippen LogP contribution is 2.20. The summed E-state index contributed by atoms with van der Waals surface area (Å²) in [6, 6.07) is 8.05. The van der Waals surface area contributed by atoms with E-state index < -0.39 is 11.0 Å². The number of nitrogens with one attached hydrogen (secondary N) is 1. The van der Waals surface area contributed by atoms with Crippen molar-refractivity contribution in [2.45, 2.75) is 64.2 Å². The molecule has 0 aromatic heterocycles. The van der Waals surface area contributed by atoms with E-state index >= 15 is 0 Å². The standard InChI is InChI=1S/C20H30BrNO3S/c1-6-25-19(23)15(2)14-17(22-26(24)20(3,4)5)12-9-11-16-10-7-8-13-18(16)21/h7-8,10,13,17,22H,2,6,9,11-12,14H2,1,3-5H3. The van der Waals surface area contributed by atoms with Gasteiger partial charge in [-0.25, -0.2) is 13.7 Å². The normalized spacial score (nSPS) is 13.9. The maximum atomic E-state index is 12.5. The number of hydrogen-bond donors (Lipinski definition) is 1. The number of esters is 1. The van der Waals surface area contributed by atoms with Gasteiger partial charge in [-0.05, 0) is 65.0 Å². The van der Waals surface area contributed by atoms with Gasteiger partial charge < -0.3 is 4.74 Å². The minimum absolute atomic E-state index is 0.0885. The Morgan fingerprint density at radius 3 is 2.58 bits per heavy atom. The Morgan fingerprint density at radius 1 is 1.35 bits per heavy atom. The van der Waals surface area contributed by atoms with Gasteiger partial charge in [0.2, 0.25) is 0 Å². The van der Waals surface area contributed by atoms with E-state index in [0.29, 0.717) is 18.6 Å². The zero-order valence-electron chi connectivity index (χ0n) is 16.1. The molecule has 0 saturated carbocycles. The SMILES string of the molecule is C=C(CC(CCCc1ccccc1Br)NS(=O)C(C)(C)C)C(=O)OCC. The molecular formula is C20H30BrNO3S. The Bertz CT molecular complexity index is 640. The van der Waals surface area contributed by atoms with Crippen LogP contribution in [0.4, 0.5) is 0 Å². The van der Waals surface area contributed by atoms with Crippen LogP contribution in [0.5, 0.6) is 0 Å². The molecule has 0 aliphatic rings. The van der Waals surface area contributed by atoms with Crippen molar-refractivity contribution in [1.82, 2.24) is 4.72 Å². The van der Waals surface area contributed by atoms with Crippen LogP contribution >= 0.6 is 15.9 Å². The molecule has 26 heavy (non-hydrogen) atoms. The van der Waals surface area contributed by atoms with Gasteiger partial charge in [0.05, 0.1) is 22.3 Å². The summed E-state index contributed by atoms with van der Waals surface area (Å²) in [5.41, 5.74) is 1.66. The molecule has 1 aromatic rings. The molecule has 0 spiro atoms. The first-order valence-corrected chi connectivity index (χ1v) is 10.9. The number of hydrogen-bond acceptors (Lipinski definition) is 3. The van der Waals surface area contributed by atoms with Crippen molar-refractivity contribution in [3.63, 3.8) is 0 Å². The fourth-order valence-electron chi connectivity index (χ4n) is 2.38. The van der Waals surface area contributed by atoms with Gasteiger partial charge in [-0.2, -0.15) is 0 Å². The first-order valence-electron chi connectivity index (χ1n) is 8.91. The van der Waals surface area contributed by atoms with Crippen molar-refractivity contribution in [3.05, 3.63) is 46.5 Å². The van der Waals surface area contributed by atoms with E-state index in [2.05, 4.69) is 33.3 Å². The van der Waals surface area contributed by atoms with Crippen LogP contribution in [0.2, 0.25) is 0 Å². The minimum Gasteiger partial charge on any atom is -0.463 e. The number of benzene rings is 1. The summed E-state index contributed by atoms with van der Waals surface area (Å²) in [6.07, 6.45) is 3.05. The van der Waals surface area contributed by atoms with Gasteiger partial charge in [-0.15, -0.1) is 0 Å². The Balaban J connectivity index is 2.70. The summed E-state index contributed by atoms with van der Waals surface area (Å²) in [5, 5.41) is 0. The summed E-state index contributed by atoms with van der Waals surface area (Å²) >= 11 is 3.57. The fourth-order valence-corrected chi connectivity index (χ4v) is 3.73. The second-order valence-corrected chi connectivity index (χ2v) is 10.1. The molecule has 0 bridgehead atoms. The zero-order valence-corrected chi connectivity index (χ0v) is 18.5. The lowest BCUT2D eigenvalue weighted by Gasteiger charge is -2.24. The summed E-state index contributed by atoms with van der Waals surface area (Å²) in [7, 11) is -1.21. The Morgan fingerprint density at radius 2 is 2.00 bits per heavy atom. The molecule has 0 aliphatic heterocycles. The highest BCUT2D eigenvalue weighted by atomic mass is 79.9. The molecule has 4 nitrogen and oxygen atoms in total. The first kappa shape index (κ1) is 23.1. The van der Waals surface area contributed by atoms with E-state index in [-0.39, 0.29) is 16.8 Å². The van der Waals surface area contributed by atoms with Gasteiger partial charge in [0, 0.05) is 16.1 Å². The second-order valence-electron chi connectivity index (χ2n) is 7.21. The summed E-state index contributed by atoms with van der Waals surface area (Å²) < 4.78 is 21.4. The van der Waals surface area contributed by atoms with Crippen LogP contribution in [0.15, 0.2) is 40.9 Å². The van der Waals surface area contributed by atoms with Crippen LogP contribution in [-0.2, 0) is 26.9 Å². The van der Waals surface area contributed by atoms with Crippen molar-refractivity contribution in [2.24, 2.45) is 0 Å². The van der Waals surface area contributed by atoms with Crippen LogP contribution < -0.4 is 4.72 Å². The lowest BCUT2D eigenvalue weighted by molar-refractivity contribution is -0.138. The lowest BCUT2D eigenvalue weighted by atomic mass is 10.0. The third kappa shape index (κ3) is 8.14. The van der Waals surface area contributed by atoms with Gasteiger partial charge in [-0.1, -0.05) is 40.7 Å². The van der Waals surface area contributed by atoms with Crippen LogP contribution in [-0.4, -0.2) is 27.6 Å². The molecule has 0 heterocycles. The van der Waals surface area contributed by atoms with E-state index in [4.69, 9.17) is 4.74 Å². The lowest BCUT2D eigenvalue weighted by Crippen LogP contribution is -2.40. The van der Waals surface area contributed by atoms with E-state index in [1.807, 2.05) is 39.0 Å². The number of rotatable bonds is 10. The van der Waals surface area contributed by atoms with E-state index in [9.17, 15) is 9.00 Å². The third-order valence-electron chi connectivity index (χ3n) is 3.84. The molecule has 6 heteroatoms. The average molecular weight is 444 g/mol. The van der Waals surface area contributed by atoms with Gasteiger partial charge in [-0.3, -0.25) is 0 Å². The maximum absolute atomic E-state index is 12.5. The van der Waals surface area contributed by atoms with Crippen LogP contribution in [0, 0.1) is 0 Å². The van der Waals surface area contributed by atoms with Gasteiger partial charge in [0.25, 0.3) is 0 Å². The molecule has 2 unspecified atom stereocenters. The Kier molecular flexibility index (Phi) is 9.75. The second kappa shape index (κ2) is 11.0. The summed E-state index contributed by atoms with van der Waals surface area (Å²) in [5.74, 6) is -0.383. The van der Waals surface area contributed by atoms with Crippen LogP contribution in [0.3, 0.4) is 0 Å². The highest BCUT2D eigenvalue weighted by Gasteiger charge is 2.24. The molecule has 0 radical (unpaired) electrons. The molecule has 1 N–H and O–H groups in total.